The van der Waals surface area contributed by atoms with E-state index >= 15 is 0 Å². The number of methoxy groups -OCH3 is 1. The van der Waals surface area contributed by atoms with Gasteiger partial charge in [0.15, 0.2) is 0 Å². The summed E-state index contributed by atoms with van der Waals surface area (Å²) in [4.78, 5) is 14.8. The average Bonchev–Trinajstić information content (AvgIpc) is 2.87. The van der Waals surface area contributed by atoms with E-state index in [1.54, 1.807) is 7.11 Å². The third kappa shape index (κ3) is 3.07. The molecule has 0 aromatic heterocycles. The molecule has 4 nitrogen and oxygen atoms in total. The second-order valence-electron chi connectivity index (χ2n) is 6.46. The summed E-state index contributed by atoms with van der Waals surface area (Å²) in [5.41, 5.74) is 0.997. The van der Waals surface area contributed by atoms with Crippen molar-refractivity contribution in [2.24, 2.45) is 11.3 Å². The largest absolute Gasteiger partial charge is 0.384 e. The first kappa shape index (κ1) is 16.0. The Morgan fingerprint density at radius 1 is 1.36 bits per heavy atom. The minimum Gasteiger partial charge on any atom is -0.384 e. The van der Waals surface area contributed by atoms with E-state index in [1.807, 2.05) is 29.2 Å². The fourth-order valence-corrected chi connectivity index (χ4v) is 4.15. The highest BCUT2D eigenvalue weighted by molar-refractivity contribution is 9.10. The number of nitrogens with zero attached hydrogens (tertiary/aromatic N) is 1. The minimum atomic E-state index is 0.143. The number of piperidine rings is 1. The predicted octanol–water partition coefficient (Wildman–Crippen LogP) is 2.54. The number of carbonyl (C=O) groups is 1. The Hall–Kier alpha value is -0.910. The maximum atomic E-state index is 12.8. The molecule has 0 aliphatic carbocycles. The number of ether oxygens (including phenoxy) is 1. The van der Waals surface area contributed by atoms with Crippen LogP contribution in [-0.4, -0.2) is 50.7 Å². The number of hydrogen-bond donors (Lipinski definition) is 1. The summed E-state index contributed by atoms with van der Waals surface area (Å²) in [6, 6.07) is 7.64. The molecule has 1 unspecified atom stereocenters. The molecule has 0 radical (unpaired) electrons. The van der Waals surface area contributed by atoms with E-state index in [1.165, 1.54) is 0 Å². The first-order chi connectivity index (χ1) is 10.6. The second-order valence-corrected chi connectivity index (χ2v) is 7.37. The number of hydrogen-bond acceptors (Lipinski definition) is 3. The fourth-order valence-electron chi connectivity index (χ4n) is 3.88. The topological polar surface area (TPSA) is 41.6 Å². The van der Waals surface area contributed by atoms with Crippen LogP contribution in [0.15, 0.2) is 28.7 Å². The number of nitrogens with one attached hydrogen (secondary N) is 1. The Bertz CT molecular complexity index is 526. The van der Waals surface area contributed by atoms with Gasteiger partial charge in [-0.25, -0.2) is 0 Å². The standard InChI is InChI=1S/C17H23BrN2O2/c1-22-11-14-10-20(12-17(14)6-8-19-9-7-17)16(21)13-2-4-15(18)5-3-13/h2-5,14,19H,6-12H2,1H3. The Morgan fingerprint density at radius 3 is 2.68 bits per heavy atom. The zero-order valence-electron chi connectivity index (χ0n) is 13.0. The van der Waals surface area contributed by atoms with Crippen molar-refractivity contribution in [2.45, 2.75) is 12.8 Å². The van der Waals surface area contributed by atoms with Crippen LogP contribution < -0.4 is 5.32 Å². The van der Waals surface area contributed by atoms with Crippen molar-refractivity contribution in [1.82, 2.24) is 10.2 Å². The molecule has 3 rings (SSSR count). The van der Waals surface area contributed by atoms with E-state index < -0.39 is 0 Å². The van der Waals surface area contributed by atoms with Crippen LogP contribution in [0.5, 0.6) is 0 Å². The fraction of sp³-hybridized carbons (Fsp3) is 0.588. The second kappa shape index (κ2) is 6.69. The Balaban J connectivity index is 1.77. The summed E-state index contributed by atoms with van der Waals surface area (Å²) >= 11 is 3.42. The van der Waals surface area contributed by atoms with Crippen molar-refractivity contribution < 1.29 is 9.53 Å². The van der Waals surface area contributed by atoms with Crippen molar-refractivity contribution in [1.29, 1.82) is 0 Å². The summed E-state index contributed by atoms with van der Waals surface area (Å²) < 4.78 is 6.44. The van der Waals surface area contributed by atoms with Crippen LogP contribution in [0.3, 0.4) is 0 Å². The van der Waals surface area contributed by atoms with Crippen LogP contribution in [0.25, 0.3) is 0 Å². The maximum Gasteiger partial charge on any atom is 0.253 e. The monoisotopic (exact) mass is 366 g/mol. The van der Waals surface area contributed by atoms with Gasteiger partial charge in [0.2, 0.25) is 0 Å². The van der Waals surface area contributed by atoms with Gasteiger partial charge < -0.3 is 15.0 Å². The lowest BCUT2D eigenvalue weighted by atomic mass is 9.71. The van der Waals surface area contributed by atoms with Gasteiger partial charge in [0, 0.05) is 36.2 Å². The van der Waals surface area contributed by atoms with Crippen LogP contribution in [0.2, 0.25) is 0 Å². The normalized spacial score (nSPS) is 23.9. The van der Waals surface area contributed by atoms with Gasteiger partial charge in [-0.1, -0.05) is 15.9 Å². The van der Waals surface area contributed by atoms with Gasteiger partial charge in [0.05, 0.1) is 6.61 Å². The van der Waals surface area contributed by atoms with E-state index in [2.05, 4.69) is 21.2 Å². The Labute approximate surface area is 140 Å². The zero-order valence-corrected chi connectivity index (χ0v) is 14.6. The molecule has 1 aromatic rings. The highest BCUT2D eigenvalue weighted by Gasteiger charge is 2.48. The van der Waals surface area contributed by atoms with Crippen molar-refractivity contribution in [2.75, 3.05) is 39.9 Å². The van der Waals surface area contributed by atoms with Gasteiger partial charge >= 0.3 is 0 Å². The third-order valence-corrected chi connectivity index (χ3v) is 5.69. The molecule has 1 spiro atoms. The van der Waals surface area contributed by atoms with E-state index in [-0.39, 0.29) is 11.3 Å². The molecule has 2 fully saturated rings. The van der Waals surface area contributed by atoms with Crippen molar-refractivity contribution in [3.63, 3.8) is 0 Å². The van der Waals surface area contributed by atoms with Gasteiger partial charge in [-0.15, -0.1) is 0 Å². The van der Waals surface area contributed by atoms with Crippen LogP contribution in [0.1, 0.15) is 23.2 Å². The van der Waals surface area contributed by atoms with Crippen LogP contribution >= 0.6 is 15.9 Å². The summed E-state index contributed by atoms with van der Waals surface area (Å²) in [5, 5.41) is 3.43. The number of benzene rings is 1. The molecule has 1 amide bonds. The quantitative estimate of drug-likeness (QED) is 0.893. The molecular formula is C17H23BrN2O2. The Kier molecular flexibility index (Phi) is 4.85. The maximum absolute atomic E-state index is 12.8. The first-order valence-corrected chi connectivity index (χ1v) is 8.68. The molecule has 2 aliphatic rings. The molecule has 120 valence electrons. The van der Waals surface area contributed by atoms with E-state index in [9.17, 15) is 4.79 Å². The van der Waals surface area contributed by atoms with Crippen molar-refractivity contribution in [3.05, 3.63) is 34.3 Å². The lowest BCUT2D eigenvalue weighted by molar-refractivity contribution is 0.0701. The summed E-state index contributed by atoms with van der Waals surface area (Å²) in [6.45, 7) is 4.49. The number of likely N-dealkylation sites (tertiary alicyclic amines) is 1. The molecule has 0 saturated carbocycles. The van der Waals surface area contributed by atoms with Gasteiger partial charge in [0.1, 0.15) is 0 Å². The third-order valence-electron chi connectivity index (χ3n) is 5.16. The molecule has 1 atom stereocenters. The lowest BCUT2D eigenvalue weighted by Crippen LogP contribution is -2.43. The smallest absolute Gasteiger partial charge is 0.253 e. The Morgan fingerprint density at radius 2 is 2.05 bits per heavy atom. The molecule has 2 heterocycles. The number of halogens is 1. The van der Waals surface area contributed by atoms with E-state index in [4.69, 9.17) is 4.74 Å². The van der Waals surface area contributed by atoms with Gasteiger partial charge in [0.25, 0.3) is 5.91 Å². The molecule has 2 aliphatic heterocycles. The molecular weight excluding hydrogens is 344 g/mol. The van der Waals surface area contributed by atoms with Crippen LogP contribution in [0, 0.1) is 11.3 Å². The number of rotatable bonds is 3. The molecule has 1 N–H and O–H groups in total. The molecule has 1 aromatic carbocycles. The summed E-state index contributed by atoms with van der Waals surface area (Å²) in [6.07, 6.45) is 2.26. The van der Waals surface area contributed by atoms with Crippen LogP contribution in [-0.2, 0) is 4.74 Å². The minimum absolute atomic E-state index is 0.143. The van der Waals surface area contributed by atoms with Gasteiger partial charge in [-0.05, 0) is 55.6 Å². The van der Waals surface area contributed by atoms with E-state index in [0.29, 0.717) is 5.92 Å². The highest BCUT2D eigenvalue weighted by Crippen LogP contribution is 2.43. The van der Waals surface area contributed by atoms with Crippen molar-refractivity contribution in [3.8, 4) is 0 Å². The average molecular weight is 367 g/mol. The SMILES string of the molecule is COCC1CN(C(=O)c2ccc(Br)cc2)CC12CCNCC2. The summed E-state index contributed by atoms with van der Waals surface area (Å²) in [7, 11) is 1.76. The predicted molar refractivity (Wildman–Crippen MR) is 89.9 cm³/mol. The molecule has 2 saturated heterocycles. The van der Waals surface area contributed by atoms with Gasteiger partial charge in [-0.3, -0.25) is 4.79 Å². The molecule has 0 bridgehead atoms. The summed E-state index contributed by atoms with van der Waals surface area (Å²) in [5.74, 6) is 0.586. The lowest BCUT2D eigenvalue weighted by Gasteiger charge is -2.38. The van der Waals surface area contributed by atoms with E-state index in [0.717, 1.165) is 55.7 Å². The zero-order chi connectivity index (χ0) is 15.6. The highest BCUT2D eigenvalue weighted by atomic mass is 79.9. The van der Waals surface area contributed by atoms with Gasteiger partial charge in [-0.2, -0.15) is 0 Å². The number of amides is 1. The molecule has 22 heavy (non-hydrogen) atoms. The van der Waals surface area contributed by atoms with Crippen LogP contribution in [0.4, 0.5) is 0 Å². The van der Waals surface area contributed by atoms with Crippen molar-refractivity contribution >= 4 is 21.8 Å². The number of carbonyl (C=O) groups excluding carboxylic acids is 1. The first-order valence-electron chi connectivity index (χ1n) is 7.89. The molecule has 5 heteroatoms.